The van der Waals surface area contributed by atoms with Crippen molar-refractivity contribution in [2.75, 3.05) is 63.2 Å². The molecule has 0 saturated carbocycles. The summed E-state index contributed by atoms with van der Waals surface area (Å²) >= 11 is 0.677. The van der Waals surface area contributed by atoms with Gasteiger partial charge in [0.25, 0.3) is 0 Å². The van der Waals surface area contributed by atoms with Crippen molar-refractivity contribution >= 4 is 56.6 Å². The second-order valence-electron chi connectivity index (χ2n) is 12.3. The number of nitrogen functional groups attached to an aromatic ring is 2. The molecule has 29 heteroatoms. The highest BCUT2D eigenvalue weighted by molar-refractivity contribution is 8.54. The van der Waals surface area contributed by atoms with Crippen LogP contribution in [0.2, 0.25) is 0 Å². The number of nitrogens with two attached hydrogens (primary N) is 4. The Morgan fingerprint density at radius 3 is 2.16 bits per heavy atom. The first-order chi connectivity index (χ1) is 26.0. The van der Waals surface area contributed by atoms with Crippen LogP contribution in [0.4, 0.5) is 11.6 Å². The smallest absolute Gasteiger partial charge is 0.383 e. The number of fused-ring (bicyclic) bond motifs is 1. The fourth-order valence-electron chi connectivity index (χ4n) is 5.91. The lowest BCUT2D eigenvalue weighted by atomic mass is 10.2. The van der Waals surface area contributed by atoms with Gasteiger partial charge in [-0.25, -0.2) is 33.4 Å². The fourth-order valence-corrected chi connectivity index (χ4v) is 9.83. The molecule has 5 rings (SSSR count). The summed E-state index contributed by atoms with van der Waals surface area (Å²) in [7, 11) is -10.2. The van der Waals surface area contributed by atoms with Gasteiger partial charge in [-0.05, 0) is 30.4 Å². The van der Waals surface area contributed by atoms with Gasteiger partial charge in [-0.2, -0.15) is 4.98 Å². The Morgan fingerprint density at radius 2 is 1.53 bits per heavy atom. The van der Waals surface area contributed by atoms with Crippen molar-refractivity contribution in [2.24, 2.45) is 11.5 Å². The minimum Gasteiger partial charge on any atom is -0.383 e. The molecule has 2 saturated heterocycles. The lowest BCUT2D eigenvalue weighted by Crippen LogP contribution is -2.34. The maximum atomic E-state index is 13.4. The van der Waals surface area contributed by atoms with Crippen LogP contribution in [0, 0.1) is 0 Å². The number of phosphoric ester groups is 2. The highest BCUT2D eigenvalue weighted by Gasteiger charge is 2.46. The number of phosphoric acid groups is 2. The van der Waals surface area contributed by atoms with Crippen LogP contribution < -0.4 is 28.6 Å². The molecule has 0 radical (unpaired) electrons. The predicted octanol–water partition coefficient (Wildman–Crippen LogP) is -0.738. The van der Waals surface area contributed by atoms with Crippen LogP contribution in [0.1, 0.15) is 31.7 Å². The van der Waals surface area contributed by atoms with E-state index >= 15 is 0 Å². The highest BCUT2D eigenvalue weighted by Crippen LogP contribution is 2.57. The summed E-state index contributed by atoms with van der Waals surface area (Å²) in [6.45, 7) is -2.97. The van der Waals surface area contributed by atoms with Crippen molar-refractivity contribution in [1.82, 2.24) is 34.0 Å². The number of ether oxygens (including phenoxy) is 2. The Morgan fingerprint density at radius 1 is 0.891 bits per heavy atom. The van der Waals surface area contributed by atoms with Crippen molar-refractivity contribution in [3.63, 3.8) is 0 Å². The number of aromatic nitrogens is 6. The number of nitrogens with zero attached hydrogens (tertiary/aromatic N) is 7. The van der Waals surface area contributed by atoms with Crippen LogP contribution in [0.5, 0.6) is 0 Å². The molecule has 2 unspecified atom stereocenters. The molecule has 0 bridgehead atoms. The van der Waals surface area contributed by atoms with Crippen molar-refractivity contribution in [2.45, 2.75) is 56.1 Å². The zero-order chi connectivity index (χ0) is 40.0. The lowest BCUT2D eigenvalue weighted by Gasteiger charge is -2.24. The second-order valence-corrected chi connectivity index (χ2v) is 18.9. The molecule has 2 fully saturated rings. The van der Waals surface area contributed by atoms with E-state index in [1.807, 2.05) is 4.90 Å². The van der Waals surface area contributed by atoms with E-state index in [0.29, 0.717) is 50.5 Å². The minimum atomic E-state index is -5.09. The van der Waals surface area contributed by atoms with Gasteiger partial charge < -0.3 is 56.9 Å². The summed E-state index contributed by atoms with van der Waals surface area (Å²) in [5.74, 6) is 0.255. The molecule has 0 amide bonds. The molecule has 2 aliphatic heterocycles. The highest BCUT2D eigenvalue weighted by atomic mass is 32.7. The predicted molar refractivity (Wildman–Crippen MR) is 195 cm³/mol. The lowest BCUT2D eigenvalue weighted by molar-refractivity contribution is -0.0539. The summed E-state index contributed by atoms with van der Waals surface area (Å²) in [4.78, 5) is 70.9. The SMILES string of the molecule is NCCN(CCN)CCCSP(=O)(O)OC[C@H]1O[C@@H](n2ccc(N)nc2=O)C[C@@H]1OP(=O)(O)OC[C@H]1O[C@@H](n2cnc3c(N)ncnc32)C[C@@H]1OP(=O)(O)O. The molecule has 12 N–H and O–H groups in total. The van der Waals surface area contributed by atoms with Crippen molar-refractivity contribution in [3.05, 3.63) is 35.4 Å². The third-order valence-corrected chi connectivity index (χ3v) is 13.0. The molecule has 2 aliphatic rings. The summed E-state index contributed by atoms with van der Waals surface area (Å²) in [6.07, 6.45) is -3.56. The minimum absolute atomic E-state index is 0.0661. The summed E-state index contributed by atoms with van der Waals surface area (Å²) in [5.41, 5.74) is 22.4. The molecule has 25 nitrogen and oxygen atoms in total. The van der Waals surface area contributed by atoms with Crippen molar-refractivity contribution in [3.8, 4) is 0 Å². The van der Waals surface area contributed by atoms with E-state index in [2.05, 4.69) is 19.9 Å². The van der Waals surface area contributed by atoms with Crippen LogP contribution in [-0.2, 0) is 41.3 Å². The summed E-state index contributed by atoms with van der Waals surface area (Å²) < 4.78 is 73.3. The van der Waals surface area contributed by atoms with Crippen LogP contribution in [0.3, 0.4) is 0 Å². The van der Waals surface area contributed by atoms with Gasteiger partial charge >= 0.3 is 28.1 Å². The van der Waals surface area contributed by atoms with Gasteiger partial charge in [0.15, 0.2) is 11.5 Å². The molecule has 55 heavy (non-hydrogen) atoms. The fraction of sp³-hybridized carbons (Fsp3) is 0.654. The number of rotatable bonds is 21. The molecule has 8 atom stereocenters. The van der Waals surface area contributed by atoms with Crippen LogP contribution in [0.25, 0.3) is 11.2 Å². The van der Waals surface area contributed by atoms with Gasteiger partial charge in [0.05, 0.1) is 19.5 Å². The maximum absolute atomic E-state index is 13.4. The van der Waals surface area contributed by atoms with Gasteiger partial charge in [0, 0.05) is 51.0 Å². The van der Waals surface area contributed by atoms with Gasteiger partial charge in [-0.1, -0.05) is 0 Å². The molecule has 0 aliphatic carbocycles. The van der Waals surface area contributed by atoms with Gasteiger partial charge in [0.1, 0.15) is 54.5 Å². The molecular weight excluding hydrogens is 815 g/mol. The van der Waals surface area contributed by atoms with E-state index in [-0.39, 0.29) is 41.4 Å². The van der Waals surface area contributed by atoms with Crippen molar-refractivity contribution < 1.29 is 60.8 Å². The molecule has 0 spiro atoms. The van der Waals surface area contributed by atoms with Gasteiger partial charge in [0.2, 0.25) is 0 Å². The largest absolute Gasteiger partial charge is 0.472 e. The van der Waals surface area contributed by atoms with Crippen LogP contribution in [0.15, 0.2) is 29.7 Å². The van der Waals surface area contributed by atoms with Crippen molar-refractivity contribution in [1.29, 1.82) is 0 Å². The van der Waals surface area contributed by atoms with E-state index in [0.717, 1.165) is 4.57 Å². The first kappa shape index (κ1) is 43.7. The topological polar surface area (TPSA) is 373 Å². The normalized spacial score (nSPS) is 25.4. The van der Waals surface area contributed by atoms with Crippen LogP contribution >= 0.6 is 33.8 Å². The second kappa shape index (κ2) is 18.9. The average Bonchev–Trinajstić information content (AvgIpc) is 3.81. The third kappa shape index (κ3) is 12.3. The number of hydrogen-bond acceptors (Lipinski definition) is 20. The first-order valence-electron chi connectivity index (χ1n) is 16.7. The molecule has 3 aromatic heterocycles. The molecule has 0 aromatic carbocycles. The van der Waals surface area contributed by atoms with Gasteiger partial charge in [-0.15, -0.1) is 0 Å². The molecule has 308 valence electrons. The number of hydrogen-bond donors (Lipinski definition) is 8. The molecule has 5 heterocycles. The average molecular weight is 860 g/mol. The van der Waals surface area contributed by atoms with Crippen LogP contribution in [-0.4, -0.2) is 130 Å². The Kier molecular flexibility index (Phi) is 15.0. The zero-order valence-corrected chi connectivity index (χ0v) is 32.6. The van der Waals surface area contributed by atoms with Gasteiger partial charge in [-0.3, -0.25) is 27.2 Å². The Bertz CT molecular complexity index is 1950. The van der Waals surface area contributed by atoms with E-state index in [1.165, 1.54) is 29.5 Å². The standard InChI is InChI=1S/C26H44N11O14P3S/c27-3-7-35(8-4-28)5-1-9-55-54(44,45)47-13-19-17(11-21(48-19)36-6-2-20(29)34-26(36)38)51-53(42,43)46-12-18-16(50-52(39,40)41)10-22(49-18)37-15-33-23-24(30)31-14-32-25(23)37/h2,6,14-19,21-22H,1,3-5,7-13,27-28H2,(H,42,43)(H,44,45)(H2,29,34,38)(H2,30,31,32)(H2,39,40,41)/t16-,17-,18+,19+,21+,22+/m0/s1. The Balaban J connectivity index is 1.25. The third-order valence-electron chi connectivity index (χ3n) is 8.33. The zero-order valence-electron chi connectivity index (χ0n) is 29.1. The van der Waals surface area contributed by atoms with E-state index in [9.17, 15) is 38.1 Å². The quantitative estimate of drug-likeness (QED) is 0.0483. The number of anilines is 2. The van der Waals surface area contributed by atoms with E-state index in [4.69, 9.17) is 50.5 Å². The Hall–Kier alpha value is -2.45. The maximum Gasteiger partial charge on any atom is 0.472 e. The van der Waals surface area contributed by atoms with E-state index in [1.54, 1.807) is 0 Å². The first-order valence-corrected chi connectivity index (χ1v) is 22.9. The number of imidazole rings is 1. The summed E-state index contributed by atoms with van der Waals surface area (Å²) in [5, 5.41) is 0. The molecule has 3 aromatic rings. The monoisotopic (exact) mass is 859 g/mol. The molecular formula is C26H44N11O14P3S. The van der Waals surface area contributed by atoms with E-state index < -0.39 is 78.2 Å². The Labute approximate surface area is 317 Å². The summed E-state index contributed by atoms with van der Waals surface area (Å²) in [6, 6.07) is 1.32.